The van der Waals surface area contributed by atoms with Crippen LogP contribution < -0.4 is 11.1 Å². The third-order valence-electron chi connectivity index (χ3n) is 3.22. The number of aromatic nitrogens is 2. The summed E-state index contributed by atoms with van der Waals surface area (Å²) < 4.78 is 6.75. The number of benzene rings is 1. The van der Waals surface area contributed by atoms with Crippen molar-refractivity contribution in [2.45, 2.75) is 13.0 Å². The highest BCUT2D eigenvalue weighted by molar-refractivity contribution is 5.80. The van der Waals surface area contributed by atoms with Crippen molar-refractivity contribution in [3.05, 3.63) is 36.7 Å². The number of nitrogens with two attached hydrogens (primary N) is 1. The van der Waals surface area contributed by atoms with Gasteiger partial charge in [-0.3, -0.25) is 4.79 Å². The minimum Gasteiger partial charge on any atom is -0.399 e. The molecule has 0 aliphatic carbocycles. The van der Waals surface area contributed by atoms with Crippen LogP contribution in [0.25, 0.3) is 11.4 Å². The molecule has 0 spiro atoms. The Morgan fingerprint density at radius 3 is 3.05 bits per heavy atom. The molecular weight excluding hydrogens is 268 g/mol. The van der Waals surface area contributed by atoms with E-state index in [0.29, 0.717) is 18.8 Å². The molecular formula is C15H20N4O2. The number of amides is 1. The van der Waals surface area contributed by atoms with Gasteiger partial charge in [0, 0.05) is 37.3 Å². The molecule has 1 aromatic heterocycles. The Morgan fingerprint density at radius 2 is 2.33 bits per heavy atom. The molecule has 2 rings (SSSR count). The number of nitrogens with one attached hydrogen (secondary N) is 1. The summed E-state index contributed by atoms with van der Waals surface area (Å²) in [7, 11) is 1.60. The van der Waals surface area contributed by atoms with Crippen LogP contribution in [0.15, 0.2) is 36.7 Å². The van der Waals surface area contributed by atoms with Gasteiger partial charge in [-0.15, -0.1) is 0 Å². The molecule has 0 saturated carbocycles. The van der Waals surface area contributed by atoms with Gasteiger partial charge in [0.2, 0.25) is 5.91 Å². The van der Waals surface area contributed by atoms with Gasteiger partial charge in [-0.05, 0) is 19.1 Å². The van der Waals surface area contributed by atoms with Crippen molar-refractivity contribution in [3.8, 4) is 11.4 Å². The van der Waals surface area contributed by atoms with E-state index in [0.717, 1.165) is 11.4 Å². The molecule has 0 bridgehead atoms. The molecule has 21 heavy (non-hydrogen) atoms. The third kappa shape index (κ3) is 3.61. The summed E-state index contributed by atoms with van der Waals surface area (Å²) in [6.07, 6.45) is 3.47. The van der Waals surface area contributed by atoms with Crippen LogP contribution in [0, 0.1) is 0 Å². The molecule has 1 amide bonds. The lowest BCUT2D eigenvalue weighted by molar-refractivity contribution is -0.124. The number of hydrogen-bond acceptors (Lipinski definition) is 4. The van der Waals surface area contributed by atoms with Crippen molar-refractivity contribution in [1.29, 1.82) is 0 Å². The zero-order valence-corrected chi connectivity index (χ0v) is 12.2. The van der Waals surface area contributed by atoms with E-state index in [4.69, 9.17) is 10.5 Å². The number of nitrogen functional groups attached to an aromatic ring is 1. The lowest BCUT2D eigenvalue weighted by Crippen LogP contribution is -2.33. The Hall–Kier alpha value is -2.34. The number of hydrogen-bond donors (Lipinski definition) is 2. The summed E-state index contributed by atoms with van der Waals surface area (Å²) in [6, 6.07) is 7.09. The molecule has 2 aromatic rings. The molecule has 1 aromatic carbocycles. The minimum absolute atomic E-state index is 0.0739. The number of methoxy groups -OCH3 is 1. The molecule has 0 radical (unpaired) electrons. The van der Waals surface area contributed by atoms with Crippen molar-refractivity contribution in [2.75, 3.05) is 26.0 Å². The number of nitrogens with zero attached hydrogens (tertiary/aromatic N) is 2. The van der Waals surface area contributed by atoms with E-state index >= 15 is 0 Å². The fourth-order valence-electron chi connectivity index (χ4n) is 2.08. The lowest BCUT2D eigenvalue weighted by atomic mass is 10.2. The quantitative estimate of drug-likeness (QED) is 0.622. The molecule has 6 heteroatoms. The van der Waals surface area contributed by atoms with Crippen molar-refractivity contribution in [3.63, 3.8) is 0 Å². The smallest absolute Gasteiger partial charge is 0.242 e. The number of carbonyl (C=O) groups excluding carboxylic acids is 1. The second kappa shape index (κ2) is 6.90. The van der Waals surface area contributed by atoms with Crippen LogP contribution in [0.2, 0.25) is 0 Å². The first kappa shape index (κ1) is 15.1. The molecule has 1 unspecified atom stereocenters. The number of rotatable bonds is 6. The monoisotopic (exact) mass is 288 g/mol. The number of ether oxygens (including phenoxy) is 1. The van der Waals surface area contributed by atoms with Crippen molar-refractivity contribution in [1.82, 2.24) is 14.9 Å². The predicted octanol–water partition coefficient (Wildman–Crippen LogP) is 1.46. The van der Waals surface area contributed by atoms with Gasteiger partial charge in [0.15, 0.2) is 0 Å². The van der Waals surface area contributed by atoms with Gasteiger partial charge in [0.1, 0.15) is 11.9 Å². The Kier molecular flexibility index (Phi) is 4.94. The largest absolute Gasteiger partial charge is 0.399 e. The van der Waals surface area contributed by atoms with Gasteiger partial charge in [-0.2, -0.15) is 0 Å². The van der Waals surface area contributed by atoms with Crippen molar-refractivity contribution < 1.29 is 9.53 Å². The van der Waals surface area contributed by atoms with Gasteiger partial charge in [0.25, 0.3) is 0 Å². The molecule has 6 nitrogen and oxygen atoms in total. The fraction of sp³-hybridized carbons (Fsp3) is 0.333. The Balaban J connectivity index is 2.18. The highest BCUT2D eigenvalue weighted by Crippen LogP contribution is 2.22. The van der Waals surface area contributed by atoms with Gasteiger partial charge in [0.05, 0.1) is 6.61 Å². The van der Waals surface area contributed by atoms with E-state index in [1.165, 1.54) is 0 Å². The van der Waals surface area contributed by atoms with Crippen LogP contribution in [-0.4, -0.2) is 35.7 Å². The Bertz CT molecular complexity index is 609. The lowest BCUT2D eigenvalue weighted by Gasteiger charge is -2.16. The summed E-state index contributed by atoms with van der Waals surface area (Å²) >= 11 is 0. The van der Waals surface area contributed by atoms with Crippen molar-refractivity contribution >= 4 is 11.6 Å². The van der Waals surface area contributed by atoms with E-state index in [2.05, 4.69) is 10.3 Å². The number of carbonyl (C=O) groups is 1. The minimum atomic E-state index is -0.360. The zero-order valence-electron chi connectivity index (χ0n) is 12.2. The maximum Gasteiger partial charge on any atom is 0.242 e. The molecule has 1 heterocycles. The average molecular weight is 288 g/mol. The van der Waals surface area contributed by atoms with Crippen LogP contribution in [0.3, 0.4) is 0 Å². The fourth-order valence-corrected chi connectivity index (χ4v) is 2.08. The van der Waals surface area contributed by atoms with Gasteiger partial charge < -0.3 is 20.4 Å². The summed E-state index contributed by atoms with van der Waals surface area (Å²) in [6.45, 7) is 2.81. The van der Waals surface area contributed by atoms with Gasteiger partial charge in [-0.25, -0.2) is 4.98 Å². The Morgan fingerprint density at radius 1 is 1.52 bits per heavy atom. The van der Waals surface area contributed by atoms with Gasteiger partial charge >= 0.3 is 0 Å². The molecule has 0 saturated heterocycles. The highest BCUT2D eigenvalue weighted by atomic mass is 16.5. The molecule has 0 fully saturated rings. The molecule has 1 atom stereocenters. The van der Waals surface area contributed by atoms with E-state index < -0.39 is 0 Å². The van der Waals surface area contributed by atoms with Crippen LogP contribution >= 0.6 is 0 Å². The maximum atomic E-state index is 12.1. The summed E-state index contributed by atoms with van der Waals surface area (Å²) in [5, 5.41) is 2.82. The summed E-state index contributed by atoms with van der Waals surface area (Å²) in [4.78, 5) is 16.5. The van der Waals surface area contributed by atoms with Crippen LogP contribution in [0.4, 0.5) is 5.69 Å². The predicted molar refractivity (Wildman–Crippen MR) is 81.7 cm³/mol. The first-order valence-corrected chi connectivity index (χ1v) is 6.79. The molecule has 0 aliphatic rings. The van der Waals surface area contributed by atoms with E-state index in [-0.39, 0.29) is 11.9 Å². The third-order valence-corrected chi connectivity index (χ3v) is 3.22. The standard InChI is InChI=1S/C15H20N4O2/c1-11(15(20)18-7-9-21-2)19-8-6-17-14(19)12-4-3-5-13(16)10-12/h3-6,8,10-11H,7,9,16H2,1-2H3,(H,18,20). The van der Waals surface area contributed by atoms with Crippen LogP contribution in [0.1, 0.15) is 13.0 Å². The normalized spacial score (nSPS) is 12.1. The van der Waals surface area contributed by atoms with E-state index in [1.807, 2.05) is 35.8 Å². The molecule has 112 valence electrons. The van der Waals surface area contributed by atoms with Gasteiger partial charge in [-0.1, -0.05) is 12.1 Å². The summed E-state index contributed by atoms with van der Waals surface area (Å²) in [5.41, 5.74) is 7.35. The van der Waals surface area contributed by atoms with Crippen molar-refractivity contribution in [2.24, 2.45) is 0 Å². The SMILES string of the molecule is COCCNC(=O)C(C)n1ccnc1-c1cccc(N)c1. The first-order chi connectivity index (χ1) is 10.1. The second-order valence-electron chi connectivity index (χ2n) is 4.74. The molecule has 0 aliphatic heterocycles. The summed E-state index contributed by atoms with van der Waals surface area (Å²) in [5.74, 6) is 0.645. The topological polar surface area (TPSA) is 82.2 Å². The first-order valence-electron chi connectivity index (χ1n) is 6.79. The number of imidazole rings is 1. The molecule has 3 N–H and O–H groups in total. The van der Waals surface area contributed by atoms with Crippen LogP contribution in [0.5, 0.6) is 0 Å². The average Bonchev–Trinajstić information content (AvgIpc) is 2.96. The maximum absolute atomic E-state index is 12.1. The number of anilines is 1. The zero-order chi connectivity index (χ0) is 15.2. The Labute approximate surface area is 123 Å². The highest BCUT2D eigenvalue weighted by Gasteiger charge is 2.18. The van der Waals surface area contributed by atoms with E-state index in [9.17, 15) is 4.79 Å². The second-order valence-corrected chi connectivity index (χ2v) is 4.74. The van der Waals surface area contributed by atoms with E-state index in [1.54, 1.807) is 19.5 Å². The van der Waals surface area contributed by atoms with Crippen LogP contribution in [-0.2, 0) is 9.53 Å².